The fourth-order valence-corrected chi connectivity index (χ4v) is 6.53. The van der Waals surface area contributed by atoms with Crippen LogP contribution >= 0.6 is 11.3 Å². The Kier molecular flexibility index (Phi) is 7.60. The number of thiazole rings is 1. The molecule has 0 unspecified atom stereocenters. The van der Waals surface area contributed by atoms with Gasteiger partial charge in [0.15, 0.2) is 5.13 Å². The first-order chi connectivity index (χ1) is 20.4. The molecule has 1 aromatic heterocycles. The normalized spacial score (nSPS) is 19.3. The standard InChI is InChI=1S/C33H32N2O6S/c1-4-5-6-14-40-24-9-7-8-20(17-24)29-28(30(36)21-10-13-26-22(16-21)15-19(2)41-26)31(37)32(38)35(29)33-34-25-12-11-23(39-3)18-27(25)42-33/h7-13,16-19,29,36H,4-6,14-15H2,1-3H3/b30-28+/t19-,29-/m0/s1. The molecule has 9 heteroatoms. The lowest BCUT2D eigenvalue weighted by atomic mass is 9.94. The van der Waals surface area contributed by atoms with Crippen LogP contribution in [0.4, 0.5) is 5.13 Å². The number of aliphatic hydroxyl groups excluding tert-OH is 1. The van der Waals surface area contributed by atoms with Gasteiger partial charge in [0.25, 0.3) is 5.78 Å². The lowest BCUT2D eigenvalue weighted by Crippen LogP contribution is -2.29. The summed E-state index contributed by atoms with van der Waals surface area (Å²) in [6.45, 7) is 4.68. The second-order valence-corrected chi connectivity index (χ2v) is 11.6. The van der Waals surface area contributed by atoms with Crippen molar-refractivity contribution in [3.8, 4) is 17.2 Å². The van der Waals surface area contributed by atoms with E-state index in [-0.39, 0.29) is 17.4 Å². The van der Waals surface area contributed by atoms with Gasteiger partial charge < -0.3 is 19.3 Å². The number of amides is 1. The van der Waals surface area contributed by atoms with Crippen molar-refractivity contribution in [1.82, 2.24) is 4.98 Å². The van der Waals surface area contributed by atoms with Crippen LogP contribution in [0.15, 0.2) is 66.2 Å². The van der Waals surface area contributed by atoms with Gasteiger partial charge in [-0.05, 0) is 73.0 Å². The van der Waals surface area contributed by atoms with Crippen molar-refractivity contribution < 1.29 is 28.9 Å². The molecule has 0 spiro atoms. The number of aromatic nitrogens is 1. The van der Waals surface area contributed by atoms with Gasteiger partial charge in [0.1, 0.15) is 29.1 Å². The van der Waals surface area contributed by atoms with Crippen molar-refractivity contribution in [3.05, 3.63) is 82.9 Å². The number of hydrogen-bond donors (Lipinski definition) is 1. The number of anilines is 1. The molecule has 3 aromatic carbocycles. The lowest BCUT2D eigenvalue weighted by molar-refractivity contribution is -0.132. The smallest absolute Gasteiger partial charge is 0.301 e. The summed E-state index contributed by atoms with van der Waals surface area (Å²) in [4.78, 5) is 33.5. The van der Waals surface area contributed by atoms with Crippen LogP contribution in [0, 0.1) is 0 Å². The Labute approximate surface area is 248 Å². The van der Waals surface area contributed by atoms with Crippen LogP contribution < -0.4 is 19.1 Å². The number of benzene rings is 3. The van der Waals surface area contributed by atoms with Crippen molar-refractivity contribution >= 4 is 44.1 Å². The van der Waals surface area contributed by atoms with Crippen molar-refractivity contribution in [1.29, 1.82) is 0 Å². The van der Waals surface area contributed by atoms with Gasteiger partial charge in [-0.25, -0.2) is 4.98 Å². The van der Waals surface area contributed by atoms with Gasteiger partial charge in [-0.1, -0.05) is 43.2 Å². The topological polar surface area (TPSA) is 98.2 Å². The van der Waals surface area contributed by atoms with E-state index in [1.165, 1.54) is 16.2 Å². The van der Waals surface area contributed by atoms with Crippen molar-refractivity contribution in [2.45, 2.75) is 51.7 Å². The monoisotopic (exact) mass is 584 g/mol. The van der Waals surface area contributed by atoms with E-state index in [4.69, 9.17) is 19.2 Å². The summed E-state index contributed by atoms with van der Waals surface area (Å²) < 4.78 is 18.0. The summed E-state index contributed by atoms with van der Waals surface area (Å²) in [7, 11) is 1.59. The van der Waals surface area contributed by atoms with Crippen LogP contribution in [0.2, 0.25) is 0 Å². The summed E-state index contributed by atoms with van der Waals surface area (Å²) in [5.74, 6) is 0.300. The third-order valence-electron chi connectivity index (χ3n) is 7.59. The van der Waals surface area contributed by atoms with Gasteiger partial charge in [0, 0.05) is 12.0 Å². The maximum atomic E-state index is 13.7. The van der Waals surface area contributed by atoms with Crippen LogP contribution in [-0.4, -0.2) is 41.6 Å². The summed E-state index contributed by atoms with van der Waals surface area (Å²) in [5, 5.41) is 12.0. The number of hydrogen-bond acceptors (Lipinski definition) is 8. The average Bonchev–Trinajstić information content (AvgIpc) is 3.66. The molecule has 1 N–H and O–H groups in total. The molecule has 4 aromatic rings. The number of Topliss-reactive ketones (excluding diaryl/α,β-unsaturated/α-hetero) is 1. The predicted molar refractivity (Wildman–Crippen MR) is 163 cm³/mol. The highest BCUT2D eigenvalue weighted by Gasteiger charge is 2.48. The fraction of sp³-hybridized carbons (Fsp3) is 0.303. The molecule has 1 amide bonds. The second-order valence-electron chi connectivity index (χ2n) is 10.6. The third kappa shape index (κ3) is 5.09. The summed E-state index contributed by atoms with van der Waals surface area (Å²) in [6.07, 6.45) is 3.79. The van der Waals surface area contributed by atoms with E-state index in [0.29, 0.717) is 46.3 Å². The molecule has 0 bridgehead atoms. The number of carbonyl (C=O) groups is 2. The predicted octanol–water partition coefficient (Wildman–Crippen LogP) is 6.82. The molecule has 2 atom stereocenters. The first kappa shape index (κ1) is 27.8. The van der Waals surface area contributed by atoms with Crippen LogP contribution in [-0.2, 0) is 16.0 Å². The van der Waals surface area contributed by atoms with Crippen LogP contribution in [0.25, 0.3) is 16.0 Å². The van der Waals surface area contributed by atoms with E-state index < -0.39 is 17.7 Å². The highest BCUT2D eigenvalue weighted by Crippen LogP contribution is 2.45. The van der Waals surface area contributed by atoms with Gasteiger partial charge in [-0.3, -0.25) is 14.5 Å². The van der Waals surface area contributed by atoms with Crippen LogP contribution in [0.5, 0.6) is 17.2 Å². The Morgan fingerprint density at radius 1 is 1.10 bits per heavy atom. The number of nitrogens with zero attached hydrogens (tertiary/aromatic N) is 2. The van der Waals surface area contributed by atoms with E-state index in [2.05, 4.69) is 6.92 Å². The van der Waals surface area contributed by atoms with E-state index in [1.807, 2.05) is 49.4 Å². The van der Waals surface area contributed by atoms with E-state index in [1.54, 1.807) is 25.3 Å². The van der Waals surface area contributed by atoms with Gasteiger partial charge in [-0.2, -0.15) is 0 Å². The summed E-state index contributed by atoms with van der Waals surface area (Å²) in [5.41, 5.74) is 2.72. The summed E-state index contributed by atoms with van der Waals surface area (Å²) >= 11 is 1.29. The number of rotatable bonds is 9. The van der Waals surface area contributed by atoms with E-state index in [0.717, 1.165) is 35.3 Å². The molecule has 8 nitrogen and oxygen atoms in total. The zero-order valence-corrected chi connectivity index (χ0v) is 24.6. The second kappa shape index (κ2) is 11.5. The molecule has 216 valence electrons. The number of ether oxygens (including phenoxy) is 3. The Morgan fingerprint density at radius 2 is 1.95 bits per heavy atom. The van der Waals surface area contributed by atoms with Gasteiger partial charge in [0.05, 0.1) is 35.5 Å². The number of fused-ring (bicyclic) bond motifs is 2. The minimum absolute atomic E-state index is 0.00637. The lowest BCUT2D eigenvalue weighted by Gasteiger charge is -2.23. The highest BCUT2D eigenvalue weighted by atomic mass is 32.1. The van der Waals surface area contributed by atoms with Crippen molar-refractivity contribution in [2.24, 2.45) is 0 Å². The molecule has 0 radical (unpaired) electrons. The zero-order chi connectivity index (χ0) is 29.4. The molecule has 1 fully saturated rings. The average molecular weight is 585 g/mol. The quantitative estimate of drug-likeness (QED) is 0.0997. The zero-order valence-electron chi connectivity index (χ0n) is 23.8. The molecule has 0 saturated carbocycles. The molecular formula is C33H32N2O6S. The number of unbranched alkanes of at least 4 members (excludes halogenated alkanes) is 2. The number of aliphatic hydroxyl groups is 1. The van der Waals surface area contributed by atoms with Gasteiger partial charge in [-0.15, -0.1) is 0 Å². The largest absolute Gasteiger partial charge is 0.507 e. The molecule has 6 rings (SSSR count). The number of methoxy groups -OCH3 is 1. The SMILES string of the molecule is CCCCCOc1cccc([C@H]2/C(=C(\O)c3ccc4c(c3)C[C@H](C)O4)C(=O)C(=O)N2c2nc3ccc(OC)cc3s2)c1. The Hall–Kier alpha value is -4.37. The fourth-order valence-electron chi connectivity index (χ4n) is 5.51. The molecule has 0 aliphatic carbocycles. The van der Waals surface area contributed by atoms with Gasteiger partial charge in [0.2, 0.25) is 0 Å². The Morgan fingerprint density at radius 3 is 2.76 bits per heavy atom. The molecule has 1 saturated heterocycles. The van der Waals surface area contributed by atoms with E-state index >= 15 is 0 Å². The molecular weight excluding hydrogens is 552 g/mol. The third-order valence-corrected chi connectivity index (χ3v) is 8.61. The molecule has 42 heavy (non-hydrogen) atoms. The van der Waals surface area contributed by atoms with Crippen LogP contribution in [0.3, 0.4) is 0 Å². The summed E-state index contributed by atoms with van der Waals surface area (Å²) in [6, 6.07) is 17.3. The minimum Gasteiger partial charge on any atom is -0.507 e. The molecule has 2 aliphatic rings. The Balaban J connectivity index is 1.47. The molecule has 2 aliphatic heterocycles. The maximum absolute atomic E-state index is 13.7. The molecule has 3 heterocycles. The first-order valence-electron chi connectivity index (χ1n) is 14.2. The maximum Gasteiger partial charge on any atom is 0.301 e. The van der Waals surface area contributed by atoms with Crippen molar-refractivity contribution in [2.75, 3.05) is 18.6 Å². The first-order valence-corrected chi connectivity index (χ1v) is 15.0. The number of carbonyl (C=O) groups excluding carboxylic acids is 2. The van der Waals surface area contributed by atoms with Gasteiger partial charge >= 0.3 is 5.91 Å². The van der Waals surface area contributed by atoms with Crippen LogP contribution in [0.1, 0.15) is 55.8 Å². The highest BCUT2D eigenvalue weighted by molar-refractivity contribution is 7.22. The minimum atomic E-state index is -0.907. The van der Waals surface area contributed by atoms with E-state index in [9.17, 15) is 14.7 Å². The number of ketones is 1. The van der Waals surface area contributed by atoms with Crippen molar-refractivity contribution in [3.63, 3.8) is 0 Å². The Bertz CT molecular complexity index is 1710.